The summed E-state index contributed by atoms with van der Waals surface area (Å²) >= 11 is -2.02. The molecular weight excluding hydrogens is 282 g/mol. The molecule has 0 bridgehead atoms. The van der Waals surface area contributed by atoms with Crippen molar-refractivity contribution in [2.75, 3.05) is 5.32 Å². The van der Waals surface area contributed by atoms with Gasteiger partial charge in [-0.15, -0.1) is 0 Å². The molecule has 0 fully saturated rings. The summed E-state index contributed by atoms with van der Waals surface area (Å²) in [4.78, 5) is 0.419. The van der Waals surface area contributed by atoms with Crippen LogP contribution in [0.2, 0.25) is 0 Å². The summed E-state index contributed by atoms with van der Waals surface area (Å²) in [6.07, 6.45) is 0. The molecule has 0 amide bonds. The number of nitrogens with one attached hydrogen (secondary N) is 1. The third kappa shape index (κ3) is 2.82. The maximum absolute atomic E-state index is 11.5. The van der Waals surface area contributed by atoms with Gasteiger partial charge in [-0.2, -0.15) is 0 Å². The van der Waals surface area contributed by atoms with Crippen LogP contribution in [0.25, 0.3) is 10.8 Å². The lowest BCUT2D eigenvalue weighted by Gasteiger charge is -2.12. The van der Waals surface area contributed by atoms with Gasteiger partial charge in [-0.1, -0.05) is 42.0 Å². The van der Waals surface area contributed by atoms with E-state index in [1.165, 1.54) is 5.56 Å². The number of rotatable bonds is 3. The monoisotopic (exact) mass is 297 g/mol. The molecule has 21 heavy (non-hydrogen) atoms. The van der Waals surface area contributed by atoms with Crippen LogP contribution in [0.15, 0.2) is 65.6 Å². The van der Waals surface area contributed by atoms with Gasteiger partial charge in [0.25, 0.3) is 0 Å². The van der Waals surface area contributed by atoms with Gasteiger partial charge in [0.05, 0.1) is 4.90 Å². The van der Waals surface area contributed by atoms with Crippen molar-refractivity contribution in [1.29, 1.82) is 0 Å². The van der Waals surface area contributed by atoms with E-state index in [-0.39, 0.29) is 0 Å². The fourth-order valence-corrected chi connectivity index (χ4v) is 2.95. The van der Waals surface area contributed by atoms with E-state index in [0.717, 1.165) is 22.1 Å². The van der Waals surface area contributed by atoms with Crippen LogP contribution >= 0.6 is 0 Å². The predicted octanol–water partition coefficient (Wildman–Crippen LogP) is 4.47. The molecule has 3 nitrogen and oxygen atoms in total. The minimum absolute atomic E-state index is 0.419. The number of fused-ring (bicyclic) bond motifs is 1. The maximum atomic E-state index is 11.5. The quantitative estimate of drug-likeness (QED) is 0.701. The van der Waals surface area contributed by atoms with Crippen LogP contribution in [0.5, 0.6) is 0 Å². The van der Waals surface area contributed by atoms with Crippen LogP contribution in [-0.2, 0) is 11.1 Å². The first-order valence-corrected chi connectivity index (χ1v) is 7.72. The van der Waals surface area contributed by atoms with Crippen molar-refractivity contribution in [2.45, 2.75) is 11.8 Å². The average molecular weight is 297 g/mol. The highest BCUT2D eigenvalue weighted by Crippen LogP contribution is 2.31. The summed E-state index contributed by atoms with van der Waals surface area (Å²) in [5, 5.41) is 5.04. The van der Waals surface area contributed by atoms with E-state index < -0.39 is 11.1 Å². The summed E-state index contributed by atoms with van der Waals surface area (Å²) in [5.41, 5.74) is 2.97. The molecule has 2 N–H and O–H groups in total. The van der Waals surface area contributed by atoms with Crippen LogP contribution < -0.4 is 5.32 Å². The fourth-order valence-electron chi connectivity index (χ4n) is 2.35. The first-order valence-electron chi connectivity index (χ1n) is 6.61. The highest BCUT2D eigenvalue weighted by atomic mass is 32.2. The first kappa shape index (κ1) is 13.8. The molecule has 0 saturated heterocycles. The van der Waals surface area contributed by atoms with Crippen molar-refractivity contribution in [3.05, 3.63) is 66.2 Å². The van der Waals surface area contributed by atoms with E-state index in [9.17, 15) is 8.76 Å². The molecule has 3 aromatic carbocycles. The fraction of sp³-hybridized carbons (Fsp3) is 0.0588. The van der Waals surface area contributed by atoms with Gasteiger partial charge in [0.2, 0.25) is 0 Å². The predicted molar refractivity (Wildman–Crippen MR) is 87.4 cm³/mol. The van der Waals surface area contributed by atoms with Crippen LogP contribution in [0, 0.1) is 6.92 Å². The smallest absolute Gasteiger partial charge is 0.187 e. The van der Waals surface area contributed by atoms with Gasteiger partial charge in [-0.3, -0.25) is 0 Å². The molecule has 1 atom stereocenters. The molecule has 0 spiro atoms. The molecule has 0 aliphatic rings. The lowest BCUT2D eigenvalue weighted by Crippen LogP contribution is -1.96. The summed E-state index contributed by atoms with van der Waals surface area (Å²) in [6.45, 7) is 2.04. The molecule has 1 unspecified atom stereocenters. The van der Waals surface area contributed by atoms with Crippen molar-refractivity contribution in [3.8, 4) is 0 Å². The van der Waals surface area contributed by atoms with E-state index in [2.05, 4.69) is 5.32 Å². The number of hydrogen-bond donors (Lipinski definition) is 2. The second-order valence-electron chi connectivity index (χ2n) is 4.90. The van der Waals surface area contributed by atoms with Gasteiger partial charge in [0.15, 0.2) is 11.1 Å². The SMILES string of the molecule is Cc1ccc(Nc2cccc3cccc(S(=O)O)c23)cc1. The van der Waals surface area contributed by atoms with Crippen molar-refractivity contribution in [3.63, 3.8) is 0 Å². The van der Waals surface area contributed by atoms with Gasteiger partial charge in [-0.05, 0) is 36.6 Å². The molecule has 3 aromatic rings. The standard InChI is InChI=1S/C17H15NO2S/c1-12-8-10-14(11-9-12)18-15-6-2-4-13-5-3-7-16(17(13)15)21(19)20/h2-11,18H,1H3,(H,19,20). The van der Waals surface area contributed by atoms with Gasteiger partial charge < -0.3 is 9.87 Å². The molecule has 0 aliphatic heterocycles. The number of hydrogen-bond acceptors (Lipinski definition) is 2. The van der Waals surface area contributed by atoms with Crippen molar-refractivity contribution in [2.24, 2.45) is 0 Å². The van der Waals surface area contributed by atoms with Crippen molar-refractivity contribution < 1.29 is 8.76 Å². The van der Waals surface area contributed by atoms with Crippen molar-refractivity contribution in [1.82, 2.24) is 0 Å². The van der Waals surface area contributed by atoms with Gasteiger partial charge in [0, 0.05) is 16.8 Å². The Hall–Kier alpha value is -2.17. The molecule has 3 rings (SSSR count). The Bertz CT molecular complexity index is 807. The summed E-state index contributed by atoms with van der Waals surface area (Å²) < 4.78 is 21.0. The van der Waals surface area contributed by atoms with E-state index in [0.29, 0.717) is 4.90 Å². The number of aryl methyl sites for hydroxylation is 1. The van der Waals surface area contributed by atoms with E-state index in [1.807, 2.05) is 55.5 Å². The zero-order valence-electron chi connectivity index (χ0n) is 11.5. The Morgan fingerprint density at radius 1 is 0.952 bits per heavy atom. The van der Waals surface area contributed by atoms with E-state index >= 15 is 0 Å². The number of benzene rings is 3. The third-order valence-corrected chi connectivity index (χ3v) is 4.10. The Balaban J connectivity index is 2.13. The first-order chi connectivity index (χ1) is 10.1. The summed E-state index contributed by atoms with van der Waals surface area (Å²) in [6, 6.07) is 19.2. The summed E-state index contributed by atoms with van der Waals surface area (Å²) in [5.74, 6) is 0. The van der Waals surface area contributed by atoms with Crippen LogP contribution in [0.4, 0.5) is 11.4 Å². The Morgan fingerprint density at radius 2 is 1.62 bits per heavy atom. The normalized spacial score (nSPS) is 12.3. The van der Waals surface area contributed by atoms with Gasteiger partial charge in [0.1, 0.15) is 0 Å². The molecular formula is C17H15NO2S. The van der Waals surface area contributed by atoms with Crippen LogP contribution in [-0.4, -0.2) is 8.76 Å². The minimum atomic E-state index is -2.02. The third-order valence-electron chi connectivity index (χ3n) is 3.39. The Labute approximate surface area is 125 Å². The molecule has 0 aliphatic carbocycles. The lowest BCUT2D eigenvalue weighted by molar-refractivity contribution is 0.565. The highest BCUT2D eigenvalue weighted by molar-refractivity contribution is 7.79. The van der Waals surface area contributed by atoms with Gasteiger partial charge in [-0.25, -0.2) is 4.21 Å². The highest BCUT2D eigenvalue weighted by Gasteiger charge is 2.10. The zero-order valence-corrected chi connectivity index (χ0v) is 12.4. The Kier molecular flexibility index (Phi) is 3.73. The second kappa shape index (κ2) is 5.68. The molecule has 0 radical (unpaired) electrons. The van der Waals surface area contributed by atoms with E-state index in [1.54, 1.807) is 12.1 Å². The lowest BCUT2D eigenvalue weighted by atomic mass is 10.1. The van der Waals surface area contributed by atoms with Crippen molar-refractivity contribution >= 4 is 33.2 Å². The molecule has 0 saturated carbocycles. The molecule has 0 aromatic heterocycles. The number of anilines is 2. The molecule has 4 heteroatoms. The van der Waals surface area contributed by atoms with Crippen LogP contribution in [0.1, 0.15) is 5.56 Å². The largest absolute Gasteiger partial charge is 0.355 e. The average Bonchev–Trinajstić information content (AvgIpc) is 2.49. The summed E-state index contributed by atoms with van der Waals surface area (Å²) in [7, 11) is 0. The van der Waals surface area contributed by atoms with Crippen LogP contribution in [0.3, 0.4) is 0 Å². The minimum Gasteiger partial charge on any atom is -0.355 e. The van der Waals surface area contributed by atoms with Gasteiger partial charge >= 0.3 is 0 Å². The molecule has 106 valence electrons. The molecule has 0 heterocycles. The zero-order chi connectivity index (χ0) is 14.8. The van der Waals surface area contributed by atoms with E-state index in [4.69, 9.17) is 0 Å². The second-order valence-corrected chi connectivity index (χ2v) is 5.84. The maximum Gasteiger partial charge on any atom is 0.187 e. The topological polar surface area (TPSA) is 49.3 Å². The Morgan fingerprint density at radius 3 is 2.29 bits per heavy atom.